The minimum Gasteiger partial charge on any atom is -0.337 e. The van der Waals surface area contributed by atoms with Gasteiger partial charge >= 0.3 is 0 Å². The van der Waals surface area contributed by atoms with Crippen LogP contribution in [-0.4, -0.2) is 70.7 Å². The first-order valence-corrected chi connectivity index (χ1v) is 9.50. The lowest BCUT2D eigenvalue weighted by Gasteiger charge is -2.22. The van der Waals surface area contributed by atoms with Crippen molar-refractivity contribution in [2.45, 2.75) is 6.42 Å². The highest BCUT2D eigenvalue weighted by Gasteiger charge is 2.25. The Balaban J connectivity index is 1.83. The van der Waals surface area contributed by atoms with Gasteiger partial charge in [0.05, 0.1) is 17.5 Å². The number of sulfonamides is 1. The van der Waals surface area contributed by atoms with Gasteiger partial charge in [0.2, 0.25) is 10.0 Å². The number of rotatable bonds is 3. The van der Waals surface area contributed by atoms with Crippen molar-refractivity contribution in [1.82, 2.24) is 24.0 Å². The maximum absolute atomic E-state index is 12.9. The van der Waals surface area contributed by atoms with Crippen molar-refractivity contribution in [3.05, 3.63) is 42.5 Å². The van der Waals surface area contributed by atoms with Gasteiger partial charge in [-0.3, -0.25) is 9.36 Å². The molecule has 24 heavy (non-hydrogen) atoms. The summed E-state index contributed by atoms with van der Waals surface area (Å²) >= 11 is 0. The van der Waals surface area contributed by atoms with Crippen LogP contribution < -0.4 is 0 Å². The highest BCUT2D eigenvalue weighted by Crippen LogP contribution is 2.17. The van der Waals surface area contributed by atoms with E-state index >= 15 is 0 Å². The number of benzene rings is 1. The van der Waals surface area contributed by atoms with Gasteiger partial charge in [-0.2, -0.15) is 0 Å². The zero-order valence-electron chi connectivity index (χ0n) is 13.4. The molecule has 0 N–H and O–H groups in total. The lowest BCUT2D eigenvalue weighted by atomic mass is 10.1. The van der Waals surface area contributed by atoms with E-state index in [4.69, 9.17) is 0 Å². The molecule has 0 atom stereocenters. The molecule has 1 aromatic heterocycles. The van der Waals surface area contributed by atoms with E-state index < -0.39 is 10.0 Å². The molecule has 1 fully saturated rings. The zero-order chi connectivity index (χ0) is 17.2. The van der Waals surface area contributed by atoms with Gasteiger partial charge in [-0.05, 0) is 18.6 Å². The third-order valence-corrected chi connectivity index (χ3v) is 5.35. The molecule has 2 heterocycles. The quantitative estimate of drug-likeness (QED) is 0.799. The van der Waals surface area contributed by atoms with Gasteiger partial charge < -0.3 is 4.90 Å². The Bertz CT molecular complexity index is 819. The fraction of sp³-hybridized carbons (Fsp3) is 0.400. The molecule has 1 aliphatic rings. The molecule has 9 heteroatoms. The van der Waals surface area contributed by atoms with Crippen LogP contribution in [0.25, 0.3) is 5.69 Å². The van der Waals surface area contributed by atoms with E-state index in [0.29, 0.717) is 43.9 Å². The van der Waals surface area contributed by atoms with Crippen LogP contribution in [0.15, 0.2) is 36.9 Å². The summed E-state index contributed by atoms with van der Waals surface area (Å²) in [5.74, 6) is -0.116. The normalized spacial score (nSPS) is 16.8. The molecule has 0 unspecified atom stereocenters. The molecule has 1 aromatic carbocycles. The second kappa shape index (κ2) is 6.70. The average molecular weight is 349 g/mol. The molecule has 128 valence electrons. The van der Waals surface area contributed by atoms with Crippen LogP contribution >= 0.6 is 0 Å². The highest BCUT2D eigenvalue weighted by atomic mass is 32.2. The Morgan fingerprint density at radius 3 is 2.46 bits per heavy atom. The van der Waals surface area contributed by atoms with Crippen molar-refractivity contribution in [1.29, 1.82) is 0 Å². The molecule has 1 amide bonds. The number of hydrogen-bond donors (Lipinski definition) is 0. The molecule has 1 aliphatic heterocycles. The highest BCUT2D eigenvalue weighted by molar-refractivity contribution is 7.88. The maximum Gasteiger partial charge on any atom is 0.256 e. The number of amides is 1. The summed E-state index contributed by atoms with van der Waals surface area (Å²) < 4.78 is 26.5. The fourth-order valence-electron chi connectivity index (χ4n) is 2.80. The number of aromatic nitrogens is 3. The Morgan fingerprint density at radius 2 is 1.75 bits per heavy atom. The largest absolute Gasteiger partial charge is 0.337 e. The van der Waals surface area contributed by atoms with Gasteiger partial charge in [-0.15, -0.1) is 10.2 Å². The molecular weight excluding hydrogens is 330 g/mol. The number of carbonyl (C=O) groups is 1. The van der Waals surface area contributed by atoms with E-state index in [2.05, 4.69) is 10.2 Å². The average Bonchev–Trinajstić information content (AvgIpc) is 2.96. The Kier molecular flexibility index (Phi) is 4.63. The fourth-order valence-corrected chi connectivity index (χ4v) is 3.68. The predicted octanol–water partition coefficient (Wildman–Crippen LogP) is 0.375. The summed E-state index contributed by atoms with van der Waals surface area (Å²) in [5, 5.41) is 7.56. The third-order valence-electron chi connectivity index (χ3n) is 4.04. The predicted molar refractivity (Wildman–Crippen MR) is 88.3 cm³/mol. The summed E-state index contributed by atoms with van der Waals surface area (Å²) in [5.41, 5.74) is 1.25. The van der Waals surface area contributed by atoms with Crippen molar-refractivity contribution in [3.63, 3.8) is 0 Å². The second-order valence-corrected chi connectivity index (χ2v) is 7.68. The van der Waals surface area contributed by atoms with Crippen LogP contribution in [0.2, 0.25) is 0 Å². The van der Waals surface area contributed by atoms with Crippen LogP contribution in [0, 0.1) is 0 Å². The van der Waals surface area contributed by atoms with Crippen molar-refractivity contribution in [2.75, 3.05) is 32.4 Å². The number of para-hydroxylation sites is 1. The van der Waals surface area contributed by atoms with Gasteiger partial charge in [0.15, 0.2) is 0 Å². The number of carbonyl (C=O) groups excluding carboxylic acids is 1. The van der Waals surface area contributed by atoms with Crippen molar-refractivity contribution in [2.24, 2.45) is 0 Å². The zero-order valence-corrected chi connectivity index (χ0v) is 14.2. The van der Waals surface area contributed by atoms with Crippen molar-refractivity contribution in [3.8, 4) is 5.69 Å². The van der Waals surface area contributed by atoms with E-state index in [1.54, 1.807) is 28.2 Å². The van der Waals surface area contributed by atoms with Crippen LogP contribution in [-0.2, 0) is 10.0 Å². The SMILES string of the molecule is CS(=O)(=O)N1CCCN(C(=O)c2ccccc2-n2cnnc2)CC1. The first-order chi connectivity index (χ1) is 11.5. The monoisotopic (exact) mass is 349 g/mol. The van der Waals surface area contributed by atoms with Crippen LogP contribution in [0.3, 0.4) is 0 Å². The van der Waals surface area contributed by atoms with E-state index in [9.17, 15) is 13.2 Å². The first-order valence-electron chi connectivity index (χ1n) is 7.65. The summed E-state index contributed by atoms with van der Waals surface area (Å²) in [6.07, 6.45) is 4.90. The van der Waals surface area contributed by atoms with E-state index in [-0.39, 0.29) is 5.91 Å². The maximum atomic E-state index is 12.9. The van der Waals surface area contributed by atoms with Gasteiger partial charge in [0, 0.05) is 26.2 Å². The summed E-state index contributed by atoms with van der Waals surface area (Å²) in [7, 11) is -3.23. The Hall–Kier alpha value is -2.26. The topological polar surface area (TPSA) is 88.4 Å². The van der Waals surface area contributed by atoms with E-state index in [1.165, 1.54) is 10.6 Å². The molecule has 0 saturated carbocycles. The lowest BCUT2D eigenvalue weighted by molar-refractivity contribution is 0.0764. The van der Waals surface area contributed by atoms with E-state index in [0.717, 1.165) is 0 Å². The molecule has 1 saturated heterocycles. The van der Waals surface area contributed by atoms with Crippen molar-refractivity contribution >= 4 is 15.9 Å². The summed E-state index contributed by atoms with van der Waals surface area (Å²) in [6, 6.07) is 7.25. The Morgan fingerprint density at radius 1 is 1.04 bits per heavy atom. The molecule has 2 aromatic rings. The molecule has 0 aliphatic carbocycles. The third kappa shape index (κ3) is 3.46. The van der Waals surface area contributed by atoms with Crippen LogP contribution in [0.5, 0.6) is 0 Å². The smallest absolute Gasteiger partial charge is 0.256 e. The molecule has 0 radical (unpaired) electrons. The molecule has 0 bridgehead atoms. The minimum atomic E-state index is -3.23. The first kappa shape index (κ1) is 16.6. The number of hydrogen-bond acceptors (Lipinski definition) is 5. The number of nitrogens with zero attached hydrogens (tertiary/aromatic N) is 5. The lowest BCUT2D eigenvalue weighted by Crippen LogP contribution is -2.37. The molecular formula is C15H19N5O3S. The Labute approximate surface area is 140 Å². The summed E-state index contributed by atoms with van der Waals surface area (Å²) in [6.45, 7) is 1.67. The minimum absolute atomic E-state index is 0.116. The van der Waals surface area contributed by atoms with Gasteiger partial charge in [0.1, 0.15) is 12.7 Å². The van der Waals surface area contributed by atoms with Crippen LogP contribution in [0.1, 0.15) is 16.8 Å². The van der Waals surface area contributed by atoms with Gasteiger partial charge in [-0.25, -0.2) is 12.7 Å². The van der Waals surface area contributed by atoms with Crippen molar-refractivity contribution < 1.29 is 13.2 Å². The molecule has 0 spiro atoms. The second-order valence-electron chi connectivity index (χ2n) is 5.69. The molecule has 3 rings (SSSR count). The summed E-state index contributed by atoms with van der Waals surface area (Å²) in [4.78, 5) is 14.6. The van der Waals surface area contributed by atoms with E-state index in [1.807, 2.05) is 18.2 Å². The van der Waals surface area contributed by atoms with Crippen LogP contribution in [0.4, 0.5) is 0 Å². The molecule has 8 nitrogen and oxygen atoms in total. The van der Waals surface area contributed by atoms with Gasteiger partial charge in [0.25, 0.3) is 5.91 Å². The van der Waals surface area contributed by atoms with Gasteiger partial charge in [-0.1, -0.05) is 12.1 Å². The standard InChI is InChI=1S/C15H19N5O3S/c1-24(22,23)20-8-4-7-18(9-10-20)15(21)13-5-2-3-6-14(13)19-11-16-17-12-19/h2-3,5-6,11-12H,4,7-10H2,1H3.